The highest BCUT2D eigenvalue weighted by molar-refractivity contribution is 6.29. The number of aromatic nitrogens is 1. The minimum Gasteiger partial charge on any atom is -0.377 e. The van der Waals surface area contributed by atoms with E-state index in [0.29, 0.717) is 11.8 Å². The van der Waals surface area contributed by atoms with Gasteiger partial charge >= 0.3 is 0 Å². The van der Waals surface area contributed by atoms with Crippen LogP contribution in [0.2, 0.25) is 5.15 Å². The largest absolute Gasteiger partial charge is 0.377 e. The zero-order chi connectivity index (χ0) is 8.10. The van der Waals surface area contributed by atoms with Gasteiger partial charge in [0.05, 0.1) is 6.61 Å². The first-order valence-electron chi connectivity index (χ1n) is 3.51. The predicted octanol–water partition coefficient (Wildman–Crippen LogP) is 2.27. The maximum Gasteiger partial charge on any atom is 0.129 e. The Hall–Kier alpha value is -0.600. The van der Waals surface area contributed by atoms with Gasteiger partial charge < -0.3 is 4.74 Å². The molecule has 0 aromatic carbocycles. The molecule has 11 heavy (non-hydrogen) atoms. The van der Waals surface area contributed by atoms with Crippen molar-refractivity contribution in [3.63, 3.8) is 0 Å². The Morgan fingerprint density at radius 3 is 2.91 bits per heavy atom. The average Bonchev–Trinajstić information content (AvgIpc) is 2.04. The van der Waals surface area contributed by atoms with Gasteiger partial charge in [0.15, 0.2) is 0 Å². The molecular weight excluding hydrogens is 162 g/mol. The van der Waals surface area contributed by atoms with E-state index in [1.165, 1.54) is 0 Å². The third-order valence-electron chi connectivity index (χ3n) is 1.26. The number of rotatable bonds is 3. The molecule has 3 heteroatoms. The van der Waals surface area contributed by atoms with E-state index in [2.05, 4.69) is 4.98 Å². The number of ether oxygens (including phenoxy) is 1. The van der Waals surface area contributed by atoms with Crippen LogP contribution in [0.1, 0.15) is 12.5 Å². The summed E-state index contributed by atoms with van der Waals surface area (Å²) in [7, 11) is 0. The van der Waals surface area contributed by atoms with E-state index in [-0.39, 0.29) is 0 Å². The number of halogens is 1. The molecule has 1 aromatic rings. The second kappa shape index (κ2) is 4.31. The minimum absolute atomic E-state index is 0.519. The molecule has 0 saturated carbocycles. The predicted molar refractivity (Wildman–Crippen MR) is 44.6 cm³/mol. The molecule has 2 nitrogen and oxygen atoms in total. The molecule has 0 unspecified atom stereocenters. The third kappa shape index (κ3) is 2.87. The Morgan fingerprint density at radius 1 is 1.55 bits per heavy atom. The van der Waals surface area contributed by atoms with Gasteiger partial charge in [-0.25, -0.2) is 4.98 Å². The molecule has 0 aliphatic heterocycles. The summed E-state index contributed by atoms with van der Waals surface area (Å²) in [5.74, 6) is 0. The Labute approximate surface area is 71.2 Å². The van der Waals surface area contributed by atoms with E-state index >= 15 is 0 Å². The number of pyridine rings is 1. The van der Waals surface area contributed by atoms with Crippen LogP contribution in [0.15, 0.2) is 18.3 Å². The van der Waals surface area contributed by atoms with Crippen molar-refractivity contribution >= 4 is 11.6 Å². The first kappa shape index (κ1) is 8.50. The van der Waals surface area contributed by atoms with Crippen LogP contribution in [0.3, 0.4) is 0 Å². The second-order valence-corrected chi connectivity index (χ2v) is 2.51. The van der Waals surface area contributed by atoms with Crippen molar-refractivity contribution in [2.24, 2.45) is 0 Å². The lowest BCUT2D eigenvalue weighted by molar-refractivity contribution is 0.134. The van der Waals surface area contributed by atoms with Gasteiger partial charge in [-0.2, -0.15) is 0 Å². The zero-order valence-electron chi connectivity index (χ0n) is 6.38. The average molecular weight is 172 g/mol. The van der Waals surface area contributed by atoms with Gasteiger partial charge in [0.1, 0.15) is 5.15 Å². The van der Waals surface area contributed by atoms with Crippen LogP contribution in [0.5, 0.6) is 0 Å². The van der Waals surface area contributed by atoms with Crippen molar-refractivity contribution in [1.82, 2.24) is 4.98 Å². The van der Waals surface area contributed by atoms with Crippen LogP contribution in [0, 0.1) is 0 Å². The standard InChI is InChI=1S/C8H10ClNO/c1-2-11-6-7-3-4-8(9)10-5-7/h3-5H,2,6H2,1H3. The number of nitrogens with zero attached hydrogens (tertiary/aromatic N) is 1. The van der Waals surface area contributed by atoms with E-state index in [4.69, 9.17) is 16.3 Å². The second-order valence-electron chi connectivity index (χ2n) is 2.13. The quantitative estimate of drug-likeness (QED) is 0.651. The van der Waals surface area contributed by atoms with Crippen LogP contribution in [0.4, 0.5) is 0 Å². The van der Waals surface area contributed by atoms with Crippen LogP contribution in [-0.4, -0.2) is 11.6 Å². The highest BCUT2D eigenvalue weighted by atomic mass is 35.5. The topological polar surface area (TPSA) is 22.1 Å². The lowest BCUT2D eigenvalue weighted by Crippen LogP contribution is -1.91. The number of hydrogen-bond acceptors (Lipinski definition) is 2. The summed E-state index contributed by atoms with van der Waals surface area (Å²) in [6, 6.07) is 3.67. The van der Waals surface area contributed by atoms with Gasteiger partial charge in [-0.05, 0) is 18.6 Å². The molecule has 0 saturated heterocycles. The molecule has 0 N–H and O–H groups in total. The fraction of sp³-hybridized carbons (Fsp3) is 0.375. The molecule has 0 amide bonds. The minimum atomic E-state index is 0.519. The van der Waals surface area contributed by atoms with Crippen LogP contribution < -0.4 is 0 Å². The van der Waals surface area contributed by atoms with Crippen LogP contribution >= 0.6 is 11.6 Å². The maximum absolute atomic E-state index is 5.59. The van der Waals surface area contributed by atoms with Crippen molar-refractivity contribution in [1.29, 1.82) is 0 Å². The van der Waals surface area contributed by atoms with Gasteiger partial charge in [0.2, 0.25) is 0 Å². The fourth-order valence-corrected chi connectivity index (χ4v) is 0.824. The van der Waals surface area contributed by atoms with Crippen molar-refractivity contribution in [3.8, 4) is 0 Å². The summed E-state index contributed by atoms with van der Waals surface area (Å²) >= 11 is 5.59. The van der Waals surface area contributed by atoms with Crippen LogP contribution in [-0.2, 0) is 11.3 Å². The molecule has 1 heterocycles. The summed E-state index contributed by atoms with van der Waals surface area (Å²) in [5, 5.41) is 0.519. The fourth-order valence-electron chi connectivity index (χ4n) is 0.712. The van der Waals surface area contributed by atoms with Crippen LogP contribution in [0.25, 0.3) is 0 Å². The smallest absolute Gasteiger partial charge is 0.129 e. The molecule has 1 rings (SSSR count). The number of hydrogen-bond donors (Lipinski definition) is 0. The highest BCUT2D eigenvalue weighted by Gasteiger charge is 1.92. The Bertz CT molecular complexity index is 210. The molecule has 0 bridgehead atoms. The maximum atomic E-state index is 5.59. The highest BCUT2D eigenvalue weighted by Crippen LogP contribution is 2.05. The Kier molecular flexibility index (Phi) is 3.33. The zero-order valence-corrected chi connectivity index (χ0v) is 7.14. The van der Waals surface area contributed by atoms with Crippen molar-refractivity contribution in [2.75, 3.05) is 6.61 Å². The van der Waals surface area contributed by atoms with Gasteiger partial charge in [0.25, 0.3) is 0 Å². The molecule has 1 aromatic heterocycles. The molecule has 0 fully saturated rings. The SMILES string of the molecule is CCOCc1ccc(Cl)nc1. The van der Waals surface area contributed by atoms with Gasteiger partial charge in [-0.3, -0.25) is 0 Å². The summed E-state index contributed by atoms with van der Waals surface area (Å²) in [4.78, 5) is 3.92. The van der Waals surface area contributed by atoms with Gasteiger partial charge in [0, 0.05) is 12.8 Å². The third-order valence-corrected chi connectivity index (χ3v) is 1.49. The molecule has 0 aliphatic carbocycles. The van der Waals surface area contributed by atoms with E-state index in [1.54, 1.807) is 12.3 Å². The van der Waals surface area contributed by atoms with Gasteiger partial charge in [-0.1, -0.05) is 17.7 Å². The van der Waals surface area contributed by atoms with E-state index < -0.39 is 0 Å². The van der Waals surface area contributed by atoms with Crippen molar-refractivity contribution < 1.29 is 4.74 Å². The lowest BCUT2D eigenvalue weighted by atomic mass is 10.3. The van der Waals surface area contributed by atoms with Gasteiger partial charge in [-0.15, -0.1) is 0 Å². The summed E-state index contributed by atoms with van der Waals surface area (Å²) in [6.07, 6.45) is 1.72. The summed E-state index contributed by atoms with van der Waals surface area (Å²) < 4.78 is 5.18. The molecule has 0 spiro atoms. The van der Waals surface area contributed by atoms with Crippen molar-refractivity contribution in [3.05, 3.63) is 29.0 Å². The summed E-state index contributed by atoms with van der Waals surface area (Å²) in [6.45, 7) is 3.30. The molecule has 0 atom stereocenters. The first-order valence-corrected chi connectivity index (χ1v) is 3.89. The first-order chi connectivity index (χ1) is 5.33. The van der Waals surface area contributed by atoms with E-state index in [1.807, 2.05) is 13.0 Å². The lowest BCUT2D eigenvalue weighted by Gasteiger charge is -1.99. The molecular formula is C8H10ClNO. The Balaban J connectivity index is 2.52. The molecule has 0 radical (unpaired) electrons. The Morgan fingerprint density at radius 2 is 2.36 bits per heavy atom. The molecule has 60 valence electrons. The van der Waals surface area contributed by atoms with E-state index in [0.717, 1.165) is 12.2 Å². The van der Waals surface area contributed by atoms with E-state index in [9.17, 15) is 0 Å². The monoisotopic (exact) mass is 171 g/mol. The normalized spacial score (nSPS) is 10.0. The summed E-state index contributed by atoms with van der Waals surface area (Å²) in [5.41, 5.74) is 1.05. The molecule has 0 aliphatic rings. The van der Waals surface area contributed by atoms with Crippen molar-refractivity contribution in [2.45, 2.75) is 13.5 Å².